The van der Waals surface area contributed by atoms with E-state index in [1.165, 1.54) is 0 Å². The smallest absolute Gasteiger partial charge is 0.122 e. The second-order valence-corrected chi connectivity index (χ2v) is 5.24. The fraction of sp³-hybridized carbons (Fsp3) is 0.625. The van der Waals surface area contributed by atoms with E-state index in [1.54, 1.807) is 0 Å². The van der Waals surface area contributed by atoms with Crippen LogP contribution >= 0.6 is 0 Å². The van der Waals surface area contributed by atoms with Crippen molar-refractivity contribution in [3.8, 4) is 5.75 Å². The molecule has 1 rings (SSSR count). The quantitative estimate of drug-likeness (QED) is 0.682. The zero-order valence-electron chi connectivity index (χ0n) is 13.1. The minimum atomic E-state index is -0.553. The van der Waals surface area contributed by atoms with Crippen LogP contribution in [0.2, 0.25) is 0 Å². The first kappa shape index (κ1) is 17.0. The van der Waals surface area contributed by atoms with Crippen LogP contribution in [0, 0.1) is 13.8 Å². The first-order valence-corrected chi connectivity index (χ1v) is 7.34. The molecule has 2 atom stereocenters. The summed E-state index contributed by atoms with van der Waals surface area (Å²) in [4.78, 5) is 0. The van der Waals surface area contributed by atoms with Crippen LogP contribution in [0.1, 0.15) is 42.6 Å². The van der Waals surface area contributed by atoms with Gasteiger partial charge in [-0.3, -0.25) is 0 Å². The third-order valence-electron chi connectivity index (χ3n) is 3.57. The normalized spacial score (nSPS) is 14.1. The van der Waals surface area contributed by atoms with Crippen LogP contribution in [0.4, 0.5) is 0 Å². The molecule has 0 aliphatic rings. The molecule has 0 fully saturated rings. The average molecular weight is 280 g/mol. The van der Waals surface area contributed by atoms with Crippen molar-refractivity contribution in [1.82, 2.24) is 5.32 Å². The predicted octanol–water partition coefficient (Wildman–Crippen LogP) is 2.06. The highest BCUT2D eigenvalue weighted by molar-refractivity contribution is 5.42. The summed E-state index contributed by atoms with van der Waals surface area (Å²) in [6, 6.07) is 4.00. The fourth-order valence-corrected chi connectivity index (χ4v) is 2.35. The summed E-state index contributed by atoms with van der Waals surface area (Å²) >= 11 is 0. The van der Waals surface area contributed by atoms with Gasteiger partial charge in [0.05, 0.1) is 12.7 Å². The first-order chi connectivity index (χ1) is 9.54. The van der Waals surface area contributed by atoms with E-state index in [0.29, 0.717) is 13.2 Å². The maximum Gasteiger partial charge on any atom is 0.122 e. The highest BCUT2D eigenvalue weighted by Crippen LogP contribution is 2.29. The van der Waals surface area contributed by atoms with Crippen LogP contribution in [-0.2, 0) is 0 Å². The van der Waals surface area contributed by atoms with Crippen LogP contribution in [0.25, 0.3) is 0 Å². The highest BCUT2D eigenvalue weighted by Gasteiger charge is 2.21. The molecule has 0 amide bonds. The van der Waals surface area contributed by atoms with Crippen molar-refractivity contribution in [3.63, 3.8) is 0 Å². The number of aryl methyl sites for hydroxylation is 2. The summed E-state index contributed by atoms with van der Waals surface area (Å²) in [5.74, 6) is 0.903. The molecule has 0 aromatic heterocycles. The highest BCUT2D eigenvalue weighted by atomic mass is 16.5. The number of nitrogens with two attached hydrogens (primary N) is 1. The van der Waals surface area contributed by atoms with Gasteiger partial charge in [-0.2, -0.15) is 0 Å². The van der Waals surface area contributed by atoms with Crippen LogP contribution in [-0.4, -0.2) is 31.3 Å². The number of hydrogen-bond acceptors (Lipinski definition) is 4. The van der Waals surface area contributed by atoms with E-state index in [2.05, 4.69) is 12.2 Å². The molecule has 0 heterocycles. The molecule has 0 spiro atoms. The monoisotopic (exact) mass is 280 g/mol. The summed E-state index contributed by atoms with van der Waals surface area (Å²) in [5, 5.41) is 13.7. The number of benzene rings is 1. The molecule has 0 bridgehead atoms. The Balaban J connectivity index is 2.98. The molecule has 0 aliphatic carbocycles. The summed E-state index contributed by atoms with van der Waals surface area (Å²) in [5.41, 5.74) is 8.64. The number of rotatable bonds is 8. The number of aliphatic hydroxyl groups is 1. The van der Waals surface area contributed by atoms with Gasteiger partial charge in [-0.1, -0.05) is 6.92 Å². The van der Waals surface area contributed by atoms with E-state index in [9.17, 15) is 5.11 Å². The number of aliphatic hydroxyl groups excluding tert-OH is 1. The molecule has 4 nitrogen and oxygen atoms in total. The standard InChI is InChI=1S/C16H28N2O2/c1-5-8-20-15-10-11(2)13(9-12(15)3)16(19)14(18-4)6-7-17/h9-10,14,16,18-19H,5-8,17H2,1-4H3. The lowest BCUT2D eigenvalue weighted by Crippen LogP contribution is -2.34. The molecule has 20 heavy (non-hydrogen) atoms. The predicted molar refractivity (Wildman–Crippen MR) is 83.2 cm³/mol. The Labute approximate surface area is 122 Å². The number of likely N-dealkylation sites (N-methyl/N-ethyl adjacent to an activating group) is 1. The Morgan fingerprint density at radius 3 is 2.55 bits per heavy atom. The van der Waals surface area contributed by atoms with Crippen molar-refractivity contribution >= 4 is 0 Å². The van der Waals surface area contributed by atoms with Gasteiger partial charge >= 0.3 is 0 Å². The molecular formula is C16H28N2O2. The third kappa shape index (κ3) is 4.20. The second-order valence-electron chi connectivity index (χ2n) is 5.24. The van der Waals surface area contributed by atoms with E-state index in [-0.39, 0.29) is 6.04 Å². The van der Waals surface area contributed by atoms with E-state index in [0.717, 1.165) is 35.3 Å². The molecule has 4 heteroatoms. The Kier molecular flexibility index (Phi) is 6.99. The lowest BCUT2D eigenvalue weighted by molar-refractivity contribution is 0.128. The summed E-state index contributed by atoms with van der Waals surface area (Å²) in [6.07, 6.45) is 1.17. The SMILES string of the molecule is CCCOc1cc(C)c(C(O)C(CCN)NC)cc1C. The van der Waals surface area contributed by atoms with Gasteiger partial charge in [0.1, 0.15) is 5.75 Å². The van der Waals surface area contributed by atoms with Crippen molar-refractivity contribution in [3.05, 3.63) is 28.8 Å². The Bertz CT molecular complexity index is 421. The Hall–Kier alpha value is -1.10. The van der Waals surface area contributed by atoms with E-state index in [1.807, 2.05) is 33.0 Å². The van der Waals surface area contributed by atoms with Crippen molar-refractivity contribution in [2.24, 2.45) is 5.73 Å². The lowest BCUT2D eigenvalue weighted by atomic mass is 9.94. The largest absolute Gasteiger partial charge is 0.493 e. The molecule has 114 valence electrons. The number of ether oxygens (including phenoxy) is 1. The van der Waals surface area contributed by atoms with Gasteiger partial charge in [-0.05, 0) is 69.1 Å². The van der Waals surface area contributed by atoms with Gasteiger partial charge in [0, 0.05) is 6.04 Å². The van der Waals surface area contributed by atoms with Crippen molar-refractivity contribution < 1.29 is 9.84 Å². The maximum absolute atomic E-state index is 10.5. The van der Waals surface area contributed by atoms with Gasteiger partial charge in [0.25, 0.3) is 0 Å². The number of hydrogen-bond donors (Lipinski definition) is 3. The topological polar surface area (TPSA) is 67.5 Å². The van der Waals surface area contributed by atoms with Crippen molar-refractivity contribution in [1.29, 1.82) is 0 Å². The molecule has 0 radical (unpaired) electrons. The third-order valence-corrected chi connectivity index (χ3v) is 3.57. The molecule has 0 saturated heterocycles. The molecule has 2 unspecified atom stereocenters. The summed E-state index contributed by atoms with van der Waals surface area (Å²) in [6.45, 7) is 7.38. The van der Waals surface area contributed by atoms with Gasteiger partial charge in [-0.25, -0.2) is 0 Å². The van der Waals surface area contributed by atoms with Crippen molar-refractivity contribution in [2.45, 2.75) is 45.8 Å². The molecule has 1 aromatic carbocycles. The van der Waals surface area contributed by atoms with Crippen LogP contribution in [0.5, 0.6) is 5.75 Å². The Morgan fingerprint density at radius 1 is 1.30 bits per heavy atom. The van der Waals surface area contributed by atoms with Crippen LogP contribution in [0.3, 0.4) is 0 Å². The molecule has 4 N–H and O–H groups in total. The fourth-order valence-electron chi connectivity index (χ4n) is 2.35. The summed E-state index contributed by atoms with van der Waals surface area (Å²) in [7, 11) is 1.85. The van der Waals surface area contributed by atoms with E-state index >= 15 is 0 Å². The minimum Gasteiger partial charge on any atom is -0.493 e. The van der Waals surface area contributed by atoms with Crippen LogP contribution < -0.4 is 15.8 Å². The molecule has 1 aromatic rings. The van der Waals surface area contributed by atoms with Gasteiger partial charge in [0.15, 0.2) is 0 Å². The van der Waals surface area contributed by atoms with E-state index < -0.39 is 6.10 Å². The maximum atomic E-state index is 10.5. The summed E-state index contributed by atoms with van der Waals surface area (Å²) < 4.78 is 5.72. The molecule has 0 aliphatic heterocycles. The van der Waals surface area contributed by atoms with Gasteiger partial charge in [-0.15, -0.1) is 0 Å². The number of nitrogens with one attached hydrogen (secondary N) is 1. The second kappa shape index (κ2) is 8.25. The van der Waals surface area contributed by atoms with Gasteiger partial charge < -0.3 is 20.9 Å². The molecular weight excluding hydrogens is 252 g/mol. The van der Waals surface area contributed by atoms with E-state index in [4.69, 9.17) is 10.5 Å². The van der Waals surface area contributed by atoms with Gasteiger partial charge in [0.2, 0.25) is 0 Å². The lowest BCUT2D eigenvalue weighted by Gasteiger charge is -2.24. The Morgan fingerprint density at radius 2 is 2.00 bits per heavy atom. The molecule has 0 saturated carbocycles. The average Bonchev–Trinajstić information content (AvgIpc) is 2.44. The zero-order valence-corrected chi connectivity index (χ0v) is 13.1. The minimum absolute atomic E-state index is 0.0273. The first-order valence-electron chi connectivity index (χ1n) is 7.34. The van der Waals surface area contributed by atoms with Crippen LogP contribution in [0.15, 0.2) is 12.1 Å². The zero-order chi connectivity index (χ0) is 15.1. The van der Waals surface area contributed by atoms with Crippen molar-refractivity contribution in [2.75, 3.05) is 20.2 Å².